The third-order valence-corrected chi connectivity index (χ3v) is 3.05. The SMILES string of the molecule is CCCCc1ccc(-n2ccc(C)n2)c(C)c1. The van der Waals surface area contributed by atoms with E-state index in [1.165, 1.54) is 36.1 Å². The van der Waals surface area contributed by atoms with E-state index in [2.05, 4.69) is 37.1 Å². The summed E-state index contributed by atoms with van der Waals surface area (Å²) < 4.78 is 1.95. The van der Waals surface area contributed by atoms with Gasteiger partial charge in [0.2, 0.25) is 0 Å². The molecule has 2 rings (SSSR count). The Morgan fingerprint density at radius 1 is 1.18 bits per heavy atom. The van der Waals surface area contributed by atoms with Crippen LogP contribution in [-0.4, -0.2) is 9.78 Å². The summed E-state index contributed by atoms with van der Waals surface area (Å²) in [6.45, 7) is 6.40. The molecule has 17 heavy (non-hydrogen) atoms. The lowest BCUT2D eigenvalue weighted by Gasteiger charge is -2.08. The van der Waals surface area contributed by atoms with E-state index in [-0.39, 0.29) is 0 Å². The summed E-state index contributed by atoms with van der Waals surface area (Å²) in [5.41, 5.74) is 4.96. The number of unbranched alkanes of at least 4 members (excludes halogenated alkanes) is 1. The van der Waals surface area contributed by atoms with Crippen LogP contribution in [0.2, 0.25) is 0 Å². The number of aryl methyl sites for hydroxylation is 3. The molecule has 2 aromatic rings. The first-order chi connectivity index (χ1) is 8.20. The Labute approximate surface area is 103 Å². The molecule has 1 heterocycles. The maximum atomic E-state index is 4.45. The minimum absolute atomic E-state index is 1.06. The van der Waals surface area contributed by atoms with Crippen LogP contribution in [-0.2, 0) is 6.42 Å². The van der Waals surface area contributed by atoms with E-state index in [0.717, 1.165) is 5.69 Å². The zero-order chi connectivity index (χ0) is 12.3. The second kappa shape index (κ2) is 5.17. The van der Waals surface area contributed by atoms with Gasteiger partial charge in [0.05, 0.1) is 11.4 Å². The van der Waals surface area contributed by atoms with Crippen molar-refractivity contribution in [3.05, 3.63) is 47.3 Å². The lowest BCUT2D eigenvalue weighted by molar-refractivity contribution is 0.792. The van der Waals surface area contributed by atoms with Gasteiger partial charge in [-0.15, -0.1) is 0 Å². The van der Waals surface area contributed by atoms with Crippen LogP contribution in [0, 0.1) is 13.8 Å². The number of aromatic nitrogens is 2. The van der Waals surface area contributed by atoms with E-state index in [4.69, 9.17) is 0 Å². The van der Waals surface area contributed by atoms with Gasteiger partial charge in [0.15, 0.2) is 0 Å². The van der Waals surface area contributed by atoms with Gasteiger partial charge in [-0.2, -0.15) is 5.10 Å². The van der Waals surface area contributed by atoms with Gasteiger partial charge in [0, 0.05) is 6.20 Å². The Kier molecular flexibility index (Phi) is 3.62. The van der Waals surface area contributed by atoms with E-state index in [1.54, 1.807) is 0 Å². The first kappa shape index (κ1) is 11.9. The summed E-state index contributed by atoms with van der Waals surface area (Å²) >= 11 is 0. The largest absolute Gasteiger partial charge is 0.240 e. The van der Waals surface area contributed by atoms with Crippen LogP contribution in [0.25, 0.3) is 5.69 Å². The fourth-order valence-electron chi connectivity index (χ4n) is 2.06. The van der Waals surface area contributed by atoms with Crippen molar-refractivity contribution in [2.75, 3.05) is 0 Å². The Hall–Kier alpha value is -1.57. The molecule has 0 fully saturated rings. The Balaban J connectivity index is 2.25. The topological polar surface area (TPSA) is 17.8 Å². The van der Waals surface area contributed by atoms with Crippen molar-refractivity contribution in [2.24, 2.45) is 0 Å². The molecular formula is C15H20N2. The zero-order valence-corrected chi connectivity index (χ0v) is 10.9. The van der Waals surface area contributed by atoms with E-state index in [1.807, 2.05) is 23.9 Å². The number of hydrogen-bond acceptors (Lipinski definition) is 1. The Morgan fingerprint density at radius 3 is 2.59 bits per heavy atom. The molecule has 1 aromatic heterocycles. The molecule has 90 valence electrons. The number of benzene rings is 1. The summed E-state index contributed by atoms with van der Waals surface area (Å²) in [5.74, 6) is 0. The zero-order valence-electron chi connectivity index (χ0n) is 10.9. The maximum Gasteiger partial charge on any atom is 0.0674 e. The molecule has 0 bridgehead atoms. The van der Waals surface area contributed by atoms with Crippen molar-refractivity contribution in [2.45, 2.75) is 40.0 Å². The molecule has 0 amide bonds. The van der Waals surface area contributed by atoms with Crippen LogP contribution in [0.15, 0.2) is 30.5 Å². The monoisotopic (exact) mass is 228 g/mol. The summed E-state index contributed by atoms with van der Waals surface area (Å²) in [6, 6.07) is 8.70. The van der Waals surface area contributed by atoms with E-state index < -0.39 is 0 Å². The smallest absolute Gasteiger partial charge is 0.0674 e. The van der Waals surface area contributed by atoms with Crippen LogP contribution >= 0.6 is 0 Å². The van der Waals surface area contributed by atoms with Crippen molar-refractivity contribution in [1.29, 1.82) is 0 Å². The van der Waals surface area contributed by atoms with Gasteiger partial charge in [-0.05, 0) is 49.9 Å². The molecule has 0 unspecified atom stereocenters. The number of hydrogen-bond donors (Lipinski definition) is 0. The van der Waals surface area contributed by atoms with Crippen LogP contribution in [0.3, 0.4) is 0 Å². The predicted octanol–water partition coefficient (Wildman–Crippen LogP) is 3.83. The molecule has 0 atom stereocenters. The Morgan fingerprint density at radius 2 is 2.00 bits per heavy atom. The first-order valence-electron chi connectivity index (χ1n) is 6.33. The van der Waals surface area contributed by atoms with Gasteiger partial charge >= 0.3 is 0 Å². The quantitative estimate of drug-likeness (QED) is 0.777. The molecule has 0 saturated carbocycles. The standard InChI is InChI=1S/C15H20N2/c1-4-5-6-14-7-8-15(12(2)11-14)17-10-9-13(3)16-17/h7-11H,4-6H2,1-3H3. The van der Waals surface area contributed by atoms with E-state index in [0.29, 0.717) is 0 Å². The fraction of sp³-hybridized carbons (Fsp3) is 0.400. The second-order valence-corrected chi connectivity index (χ2v) is 4.63. The maximum absolute atomic E-state index is 4.45. The fourth-order valence-corrected chi connectivity index (χ4v) is 2.06. The molecule has 0 spiro atoms. The van der Waals surface area contributed by atoms with Gasteiger partial charge in [0.25, 0.3) is 0 Å². The van der Waals surface area contributed by atoms with Crippen LogP contribution < -0.4 is 0 Å². The van der Waals surface area contributed by atoms with E-state index in [9.17, 15) is 0 Å². The van der Waals surface area contributed by atoms with Gasteiger partial charge in [-0.1, -0.05) is 25.5 Å². The lowest BCUT2D eigenvalue weighted by Crippen LogP contribution is -1.99. The highest BCUT2D eigenvalue weighted by atomic mass is 15.3. The minimum atomic E-state index is 1.06. The molecule has 0 saturated heterocycles. The molecule has 0 N–H and O–H groups in total. The second-order valence-electron chi connectivity index (χ2n) is 4.63. The molecule has 0 radical (unpaired) electrons. The lowest BCUT2D eigenvalue weighted by atomic mass is 10.0. The summed E-state index contributed by atoms with van der Waals surface area (Å²) in [7, 11) is 0. The minimum Gasteiger partial charge on any atom is -0.240 e. The van der Waals surface area contributed by atoms with Gasteiger partial charge in [-0.25, -0.2) is 4.68 Å². The number of nitrogens with zero attached hydrogens (tertiary/aromatic N) is 2. The van der Waals surface area contributed by atoms with Crippen LogP contribution in [0.1, 0.15) is 36.6 Å². The van der Waals surface area contributed by atoms with Gasteiger partial charge in [0.1, 0.15) is 0 Å². The molecule has 1 aromatic carbocycles. The number of rotatable bonds is 4. The first-order valence-corrected chi connectivity index (χ1v) is 6.33. The van der Waals surface area contributed by atoms with Crippen molar-refractivity contribution < 1.29 is 0 Å². The average molecular weight is 228 g/mol. The van der Waals surface area contributed by atoms with Crippen molar-refractivity contribution >= 4 is 0 Å². The normalized spacial score (nSPS) is 10.8. The molecule has 2 nitrogen and oxygen atoms in total. The third kappa shape index (κ3) is 2.76. The van der Waals surface area contributed by atoms with Crippen molar-refractivity contribution in [3.63, 3.8) is 0 Å². The molecule has 2 heteroatoms. The summed E-state index contributed by atoms with van der Waals surface area (Å²) in [6.07, 6.45) is 5.71. The Bertz CT molecular complexity index is 497. The van der Waals surface area contributed by atoms with Gasteiger partial charge < -0.3 is 0 Å². The summed E-state index contributed by atoms with van der Waals surface area (Å²) in [4.78, 5) is 0. The molecular weight excluding hydrogens is 208 g/mol. The highest BCUT2D eigenvalue weighted by Gasteiger charge is 2.03. The molecule has 0 aliphatic carbocycles. The van der Waals surface area contributed by atoms with Crippen molar-refractivity contribution in [1.82, 2.24) is 9.78 Å². The highest BCUT2D eigenvalue weighted by Crippen LogP contribution is 2.17. The van der Waals surface area contributed by atoms with Crippen molar-refractivity contribution in [3.8, 4) is 5.69 Å². The third-order valence-electron chi connectivity index (χ3n) is 3.05. The highest BCUT2D eigenvalue weighted by molar-refractivity contribution is 5.42. The average Bonchev–Trinajstić information content (AvgIpc) is 2.73. The predicted molar refractivity (Wildman–Crippen MR) is 71.7 cm³/mol. The summed E-state index contributed by atoms with van der Waals surface area (Å²) in [5, 5.41) is 4.45. The van der Waals surface area contributed by atoms with Gasteiger partial charge in [-0.3, -0.25) is 0 Å². The molecule has 0 aliphatic heterocycles. The van der Waals surface area contributed by atoms with Crippen LogP contribution in [0.4, 0.5) is 0 Å². The molecule has 0 aliphatic rings. The van der Waals surface area contributed by atoms with E-state index >= 15 is 0 Å². The van der Waals surface area contributed by atoms with Crippen LogP contribution in [0.5, 0.6) is 0 Å².